The van der Waals surface area contributed by atoms with Gasteiger partial charge in [0, 0.05) is 21.4 Å². The Bertz CT molecular complexity index is 1410. The Kier molecular flexibility index (Phi) is 11.9. The second-order valence-corrected chi connectivity index (χ2v) is 11.2. The van der Waals surface area contributed by atoms with Crippen molar-refractivity contribution in [2.75, 3.05) is 0 Å². The lowest BCUT2D eigenvalue weighted by Crippen LogP contribution is -2.74. The van der Waals surface area contributed by atoms with Gasteiger partial charge in [-0.25, -0.2) is 13.2 Å². The van der Waals surface area contributed by atoms with Gasteiger partial charge in [0.25, 0.3) is 0 Å². The van der Waals surface area contributed by atoms with E-state index in [9.17, 15) is 105 Å². The molecule has 0 fully saturated rings. The molecule has 270 valence electrons. The molecule has 0 N–H and O–H groups in total. The second-order valence-electron chi connectivity index (χ2n) is 7.49. The number of ether oxygens (including phenoxy) is 1. The molecule has 0 aromatic heterocycles. The largest absolute Gasteiger partial charge is 0.460 e. The van der Waals surface area contributed by atoms with Gasteiger partial charge < -0.3 is 4.74 Å². The van der Waals surface area contributed by atoms with Gasteiger partial charge >= 0.3 is 61.9 Å². The average Bonchev–Trinajstić information content (AvgIpc) is 2.85. The number of rotatable bonds is 9. The lowest BCUT2D eigenvalue weighted by molar-refractivity contribution is -0.460. The quantitative estimate of drug-likeness (QED) is 0.0823. The summed E-state index contributed by atoms with van der Waals surface area (Å²) in [4.78, 5) is 0. The van der Waals surface area contributed by atoms with Gasteiger partial charge in [0.05, 0.1) is 0 Å². The van der Waals surface area contributed by atoms with Crippen LogP contribution in [-0.2, 0) is 8.26 Å². The van der Waals surface area contributed by atoms with Gasteiger partial charge in [0.15, 0.2) is 0 Å². The molecule has 0 radical (unpaired) electrons. The van der Waals surface area contributed by atoms with Gasteiger partial charge in [-0.1, -0.05) is 0 Å². The predicted octanol–water partition coefficient (Wildman–Crippen LogP) is 9.59. The number of alkyl halides is 17. The highest BCUT2D eigenvalue weighted by Gasteiger charge is 2.95. The maximum Gasteiger partial charge on any atom is 0.460 e. The summed E-state index contributed by atoms with van der Waals surface area (Å²) < 4.78 is 336. The van der Waals surface area contributed by atoms with Gasteiger partial charge in [0.2, 0.25) is 40.7 Å². The molecule has 0 atom stereocenters. The van der Waals surface area contributed by atoms with Crippen molar-refractivity contribution in [3.05, 3.63) is 40.9 Å². The number of hydrogen-bond acceptors (Lipinski definition) is 3. The van der Waals surface area contributed by atoms with E-state index in [0.29, 0.717) is 0 Å². The van der Waals surface area contributed by atoms with Crippen molar-refractivity contribution in [3.8, 4) is 5.75 Å². The number of allylic oxidation sites excluding steroid dienone is 1. The van der Waals surface area contributed by atoms with E-state index in [2.05, 4.69) is 26.1 Å². The molecule has 0 bridgehead atoms. The maximum absolute atomic E-state index is 13.6. The summed E-state index contributed by atoms with van der Waals surface area (Å²) in [5.74, 6) is -86.6. The molecule has 1 rings (SSSR count). The standard InChI is InChI=1S/C16F24O.Cl2O2S/c17-1-2(18)4(20)6(5(21)3(1)19)41-8(23)7(22)9(24,25)10(26,27)11(28,29)12(30,31)13(32,33)14(34,35)15(36,37)16(38,39)40;1-5(2,3)4. The normalized spacial score (nSPS) is 15.3. The summed E-state index contributed by atoms with van der Waals surface area (Å²) in [6.45, 7) is 0. The van der Waals surface area contributed by atoms with E-state index in [4.69, 9.17) is 8.42 Å². The van der Waals surface area contributed by atoms with E-state index in [1.807, 2.05) is 0 Å². The molecule has 0 aliphatic heterocycles. The Balaban J connectivity index is 0.00000373. The van der Waals surface area contributed by atoms with E-state index in [-0.39, 0.29) is 0 Å². The van der Waals surface area contributed by atoms with E-state index in [1.54, 1.807) is 0 Å². The summed E-state index contributed by atoms with van der Waals surface area (Å²) in [6.07, 6.45) is -8.04. The fraction of sp³-hybridized carbons (Fsp3) is 0.500. The van der Waals surface area contributed by atoms with Crippen molar-refractivity contribution < 1.29 is 119 Å². The minimum atomic E-state index is -9.18. The van der Waals surface area contributed by atoms with Crippen LogP contribution in [0, 0.1) is 29.1 Å². The molecular weight excluding hydrogens is 799 g/mol. The summed E-state index contributed by atoms with van der Waals surface area (Å²) >= 11 is 0. The molecule has 0 spiro atoms. The Morgan fingerprint density at radius 3 is 1.00 bits per heavy atom. The minimum Gasteiger partial charge on any atom is -0.423 e. The van der Waals surface area contributed by atoms with Crippen molar-refractivity contribution >= 4 is 29.6 Å². The molecular formula is C16Cl2F24O3S. The molecule has 3 nitrogen and oxygen atoms in total. The van der Waals surface area contributed by atoms with Crippen LogP contribution in [0.3, 0.4) is 0 Å². The Morgan fingerprint density at radius 1 is 0.478 bits per heavy atom. The van der Waals surface area contributed by atoms with Crippen LogP contribution < -0.4 is 4.74 Å². The fourth-order valence-corrected chi connectivity index (χ4v) is 2.23. The van der Waals surface area contributed by atoms with Crippen molar-refractivity contribution in [2.45, 2.75) is 47.6 Å². The first-order valence-electron chi connectivity index (χ1n) is 9.34. The van der Waals surface area contributed by atoms with E-state index >= 15 is 0 Å². The monoisotopic (exact) mass is 798 g/mol. The first-order chi connectivity index (χ1) is 19.7. The highest BCUT2D eigenvalue weighted by Crippen LogP contribution is 2.64. The van der Waals surface area contributed by atoms with E-state index in [1.165, 1.54) is 0 Å². The molecule has 0 saturated carbocycles. The molecule has 1 aromatic carbocycles. The van der Waals surface area contributed by atoms with Gasteiger partial charge in [-0.2, -0.15) is 101 Å². The van der Waals surface area contributed by atoms with Crippen LogP contribution in [0.2, 0.25) is 0 Å². The zero-order valence-corrected chi connectivity index (χ0v) is 21.8. The molecule has 0 saturated heterocycles. The fourth-order valence-electron chi connectivity index (χ4n) is 2.23. The average molecular weight is 799 g/mol. The van der Waals surface area contributed by atoms with Gasteiger partial charge in [-0.15, -0.1) is 0 Å². The number of hydrogen-bond donors (Lipinski definition) is 0. The summed E-state index contributed by atoms with van der Waals surface area (Å²) in [7, 11) is 4.81. The molecule has 0 heterocycles. The van der Waals surface area contributed by atoms with Gasteiger partial charge in [0.1, 0.15) is 0 Å². The SMILES string of the molecule is FC(Oc1c(F)c(F)c(F)c(F)c1F)=C(F)C(F)(F)C(F)(F)C(F)(F)C(F)(F)C(F)(F)C(F)(F)C(F)(F)C(F)(F)F.O=S(=O)(Cl)Cl. The Labute approximate surface area is 243 Å². The van der Waals surface area contributed by atoms with Gasteiger partial charge in [-0.05, 0) is 0 Å². The van der Waals surface area contributed by atoms with Crippen molar-refractivity contribution in [1.82, 2.24) is 0 Å². The molecule has 0 amide bonds. The Morgan fingerprint density at radius 2 is 0.717 bits per heavy atom. The molecule has 1 aromatic rings. The summed E-state index contributed by atoms with van der Waals surface area (Å²) in [5.41, 5.74) is 0. The van der Waals surface area contributed by atoms with E-state index < -0.39 is 103 Å². The number of halogens is 26. The first-order valence-corrected chi connectivity index (χ1v) is 12.5. The number of benzene rings is 1. The van der Waals surface area contributed by atoms with Crippen molar-refractivity contribution in [1.29, 1.82) is 0 Å². The van der Waals surface area contributed by atoms with Crippen LogP contribution >= 0.6 is 21.4 Å². The molecule has 0 unspecified atom stereocenters. The van der Waals surface area contributed by atoms with Crippen LogP contribution in [0.15, 0.2) is 11.8 Å². The maximum atomic E-state index is 13.6. The third-order valence-corrected chi connectivity index (χ3v) is 4.53. The van der Waals surface area contributed by atoms with Crippen molar-refractivity contribution in [2.24, 2.45) is 0 Å². The highest BCUT2D eigenvalue weighted by atomic mass is 36.0. The molecule has 46 heavy (non-hydrogen) atoms. The third-order valence-electron chi connectivity index (χ3n) is 4.53. The van der Waals surface area contributed by atoms with Crippen LogP contribution in [0.5, 0.6) is 5.75 Å². The zero-order valence-electron chi connectivity index (χ0n) is 19.5. The van der Waals surface area contributed by atoms with Gasteiger partial charge in [-0.3, -0.25) is 0 Å². The Hall–Kier alpha value is -2.39. The smallest absolute Gasteiger partial charge is 0.423 e. The van der Waals surface area contributed by atoms with Crippen LogP contribution in [0.1, 0.15) is 0 Å². The summed E-state index contributed by atoms with van der Waals surface area (Å²) in [6, 6.07) is -4.49. The van der Waals surface area contributed by atoms with Crippen LogP contribution in [0.25, 0.3) is 0 Å². The lowest BCUT2D eigenvalue weighted by atomic mass is 9.88. The van der Waals surface area contributed by atoms with Crippen LogP contribution in [-0.4, -0.2) is 56.1 Å². The predicted molar refractivity (Wildman–Crippen MR) is 97.4 cm³/mol. The van der Waals surface area contributed by atoms with Crippen molar-refractivity contribution in [3.63, 3.8) is 0 Å². The topological polar surface area (TPSA) is 43.4 Å². The molecule has 0 aliphatic rings. The highest BCUT2D eigenvalue weighted by molar-refractivity contribution is 8.31. The molecule has 0 aliphatic carbocycles. The minimum absolute atomic E-state index is 2.64. The zero-order chi connectivity index (χ0) is 37.8. The van der Waals surface area contributed by atoms with Crippen LogP contribution in [0.4, 0.5) is 105 Å². The third kappa shape index (κ3) is 7.06. The summed E-state index contributed by atoms with van der Waals surface area (Å²) in [5, 5.41) is 0. The van der Waals surface area contributed by atoms with E-state index in [0.717, 1.165) is 0 Å². The molecule has 30 heteroatoms. The first kappa shape index (κ1) is 43.6. The lowest BCUT2D eigenvalue weighted by Gasteiger charge is -2.42. The second kappa shape index (κ2) is 12.6.